The highest BCUT2D eigenvalue weighted by molar-refractivity contribution is 5.91. The van der Waals surface area contributed by atoms with E-state index in [2.05, 4.69) is 5.32 Å². The number of nitrogens with one attached hydrogen (secondary N) is 1. The molecule has 0 aliphatic carbocycles. The maximum Gasteiger partial charge on any atom is 0.327 e. The third-order valence-electron chi connectivity index (χ3n) is 3.63. The Morgan fingerprint density at radius 1 is 1.11 bits per heavy atom. The van der Waals surface area contributed by atoms with Crippen LogP contribution in [0.25, 0.3) is 0 Å². The van der Waals surface area contributed by atoms with E-state index in [-0.39, 0.29) is 18.8 Å². The van der Waals surface area contributed by atoms with Gasteiger partial charge in [0.05, 0.1) is 32.0 Å². The van der Waals surface area contributed by atoms with Crippen LogP contribution in [-0.2, 0) is 35.1 Å². The number of ether oxygens (including phenoxy) is 2. The molecule has 0 aliphatic heterocycles. The van der Waals surface area contributed by atoms with Crippen molar-refractivity contribution in [3.05, 3.63) is 35.4 Å². The van der Waals surface area contributed by atoms with E-state index >= 15 is 0 Å². The molecule has 8 nitrogen and oxygen atoms in total. The summed E-state index contributed by atoms with van der Waals surface area (Å²) in [5, 5.41) is 11.5. The fourth-order valence-electron chi connectivity index (χ4n) is 2.38. The molecule has 0 unspecified atom stereocenters. The standard InChI is InChI=1S/C18H21F2NO7/c1-3-27-15(23)9-12(18(26)28-4-2)16(17(24)25)21-14(22)7-10-5-6-11(19)8-13(10)20/h5-6,8,12,16H,3-4,7,9H2,1-2H3,(H,21,22)(H,24,25)/t12-,16+/m0/s1. The average Bonchev–Trinajstić information content (AvgIpc) is 2.60. The Bertz CT molecular complexity index is 739. The SMILES string of the molecule is CCOC(=O)C[C@H](C(=O)OCC)[C@@H](NC(=O)Cc1ccc(F)cc1F)C(=O)O. The maximum atomic E-state index is 13.7. The molecule has 28 heavy (non-hydrogen) atoms. The van der Waals surface area contributed by atoms with Gasteiger partial charge in [0.25, 0.3) is 0 Å². The first kappa shape index (κ1) is 23.0. The Balaban J connectivity index is 2.98. The number of halogens is 2. The van der Waals surface area contributed by atoms with Gasteiger partial charge in [-0.2, -0.15) is 0 Å². The second-order valence-electron chi connectivity index (χ2n) is 5.66. The lowest BCUT2D eigenvalue weighted by atomic mass is 9.95. The molecule has 1 amide bonds. The van der Waals surface area contributed by atoms with E-state index in [1.54, 1.807) is 0 Å². The number of amides is 1. The van der Waals surface area contributed by atoms with Crippen molar-refractivity contribution in [1.29, 1.82) is 0 Å². The fourth-order valence-corrected chi connectivity index (χ4v) is 2.38. The van der Waals surface area contributed by atoms with Crippen molar-refractivity contribution < 1.29 is 42.5 Å². The number of benzene rings is 1. The Hall–Kier alpha value is -3.04. The van der Waals surface area contributed by atoms with Crippen LogP contribution in [0.4, 0.5) is 8.78 Å². The molecule has 0 saturated heterocycles. The Morgan fingerprint density at radius 2 is 1.75 bits per heavy atom. The van der Waals surface area contributed by atoms with Gasteiger partial charge in [0.2, 0.25) is 5.91 Å². The molecule has 0 spiro atoms. The zero-order chi connectivity index (χ0) is 21.3. The van der Waals surface area contributed by atoms with E-state index < -0.39 is 60.3 Å². The lowest BCUT2D eigenvalue weighted by Gasteiger charge is -2.23. The Kier molecular flexibility index (Phi) is 9.00. The summed E-state index contributed by atoms with van der Waals surface area (Å²) in [4.78, 5) is 47.6. The molecule has 0 aliphatic rings. The van der Waals surface area contributed by atoms with Crippen molar-refractivity contribution in [2.75, 3.05) is 13.2 Å². The fraction of sp³-hybridized carbons (Fsp3) is 0.444. The first-order chi connectivity index (χ1) is 13.2. The van der Waals surface area contributed by atoms with Crippen molar-refractivity contribution in [2.24, 2.45) is 5.92 Å². The molecular weight excluding hydrogens is 380 g/mol. The summed E-state index contributed by atoms with van der Waals surface area (Å²) in [6, 6.07) is 0.767. The molecular formula is C18H21F2NO7. The van der Waals surface area contributed by atoms with Crippen LogP contribution in [0.2, 0.25) is 0 Å². The second-order valence-corrected chi connectivity index (χ2v) is 5.66. The predicted molar refractivity (Wildman–Crippen MR) is 91.0 cm³/mol. The molecule has 2 N–H and O–H groups in total. The molecule has 0 fully saturated rings. The van der Waals surface area contributed by atoms with Gasteiger partial charge in [-0.25, -0.2) is 13.6 Å². The smallest absolute Gasteiger partial charge is 0.327 e. The highest BCUT2D eigenvalue weighted by Gasteiger charge is 2.38. The minimum absolute atomic E-state index is 0.0162. The van der Waals surface area contributed by atoms with Crippen molar-refractivity contribution in [2.45, 2.75) is 32.7 Å². The third-order valence-corrected chi connectivity index (χ3v) is 3.63. The van der Waals surface area contributed by atoms with E-state index in [4.69, 9.17) is 9.47 Å². The van der Waals surface area contributed by atoms with Crippen LogP contribution in [0.15, 0.2) is 18.2 Å². The van der Waals surface area contributed by atoms with Gasteiger partial charge < -0.3 is 19.9 Å². The maximum absolute atomic E-state index is 13.7. The Labute approximate surface area is 159 Å². The highest BCUT2D eigenvalue weighted by Crippen LogP contribution is 2.15. The summed E-state index contributed by atoms with van der Waals surface area (Å²) in [5.74, 6) is -7.72. The largest absolute Gasteiger partial charge is 0.480 e. The number of carboxylic acids is 1. The third kappa shape index (κ3) is 6.93. The molecule has 154 valence electrons. The van der Waals surface area contributed by atoms with Crippen LogP contribution in [0.1, 0.15) is 25.8 Å². The zero-order valence-corrected chi connectivity index (χ0v) is 15.4. The van der Waals surface area contributed by atoms with Crippen LogP contribution in [0.5, 0.6) is 0 Å². The normalized spacial score (nSPS) is 12.6. The predicted octanol–water partition coefficient (Wildman–Crippen LogP) is 1.21. The molecule has 1 aromatic rings. The number of hydrogen-bond donors (Lipinski definition) is 2. The van der Waals surface area contributed by atoms with Crippen molar-refractivity contribution in [3.8, 4) is 0 Å². The summed E-state index contributed by atoms with van der Waals surface area (Å²) < 4.78 is 36.1. The van der Waals surface area contributed by atoms with Gasteiger partial charge in [-0.15, -0.1) is 0 Å². The first-order valence-electron chi connectivity index (χ1n) is 8.47. The van der Waals surface area contributed by atoms with Gasteiger partial charge in [0.15, 0.2) is 0 Å². The molecule has 0 heterocycles. The van der Waals surface area contributed by atoms with Gasteiger partial charge in [0, 0.05) is 6.07 Å². The van der Waals surface area contributed by atoms with E-state index in [1.807, 2.05) is 0 Å². The molecule has 0 radical (unpaired) electrons. The minimum Gasteiger partial charge on any atom is -0.480 e. The van der Waals surface area contributed by atoms with Gasteiger partial charge in [-0.1, -0.05) is 6.07 Å². The van der Waals surface area contributed by atoms with Gasteiger partial charge in [0.1, 0.15) is 17.7 Å². The van der Waals surface area contributed by atoms with Crippen molar-refractivity contribution >= 4 is 23.8 Å². The van der Waals surface area contributed by atoms with E-state index in [0.29, 0.717) is 6.07 Å². The Morgan fingerprint density at radius 3 is 2.29 bits per heavy atom. The van der Waals surface area contributed by atoms with Crippen LogP contribution >= 0.6 is 0 Å². The number of rotatable bonds is 10. The molecule has 10 heteroatoms. The summed E-state index contributed by atoms with van der Waals surface area (Å²) >= 11 is 0. The van der Waals surface area contributed by atoms with Crippen LogP contribution in [0.3, 0.4) is 0 Å². The topological polar surface area (TPSA) is 119 Å². The van der Waals surface area contributed by atoms with Gasteiger partial charge in [-0.05, 0) is 25.5 Å². The number of esters is 2. The molecule has 1 aromatic carbocycles. The molecule has 0 bridgehead atoms. The van der Waals surface area contributed by atoms with Crippen molar-refractivity contribution in [3.63, 3.8) is 0 Å². The molecule has 2 atom stereocenters. The summed E-state index contributed by atoms with van der Waals surface area (Å²) in [7, 11) is 0. The summed E-state index contributed by atoms with van der Waals surface area (Å²) in [6.07, 6.45) is -1.22. The number of carboxylic acid groups (broad SMARTS) is 1. The monoisotopic (exact) mass is 401 g/mol. The second kappa shape index (κ2) is 11.0. The zero-order valence-electron chi connectivity index (χ0n) is 15.4. The van der Waals surface area contributed by atoms with Crippen LogP contribution in [0, 0.1) is 17.6 Å². The summed E-state index contributed by atoms with van der Waals surface area (Å²) in [6.45, 7) is 2.97. The molecule has 0 saturated carbocycles. The van der Waals surface area contributed by atoms with Gasteiger partial charge >= 0.3 is 17.9 Å². The quantitative estimate of drug-likeness (QED) is 0.566. The summed E-state index contributed by atoms with van der Waals surface area (Å²) in [5.41, 5.74) is -0.166. The lowest BCUT2D eigenvalue weighted by Crippen LogP contribution is -2.50. The number of hydrogen-bond acceptors (Lipinski definition) is 6. The number of carbonyl (C=O) groups excluding carboxylic acids is 3. The molecule has 1 rings (SSSR count). The highest BCUT2D eigenvalue weighted by atomic mass is 19.1. The van der Waals surface area contributed by atoms with E-state index in [1.165, 1.54) is 13.8 Å². The minimum atomic E-state index is -1.81. The average molecular weight is 401 g/mol. The van der Waals surface area contributed by atoms with E-state index in [0.717, 1.165) is 12.1 Å². The van der Waals surface area contributed by atoms with E-state index in [9.17, 15) is 33.1 Å². The molecule has 0 aromatic heterocycles. The van der Waals surface area contributed by atoms with Gasteiger partial charge in [-0.3, -0.25) is 14.4 Å². The van der Waals surface area contributed by atoms with Crippen LogP contribution in [-0.4, -0.2) is 48.2 Å². The van der Waals surface area contributed by atoms with Crippen molar-refractivity contribution in [1.82, 2.24) is 5.32 Å². The first-order valence-corrected chi connectivity index (χ1v) is 8.47. The number of carbonyl (C=O) groups is 4. The lowest BCUT2D eigenvalue weighted by molar-refractivity contribution is -0.160. The number of aliphatic carboxylic acids is 1. The van der Waals surface area contributed by atoms with Crippen LogP contribution < -0.4 is 5.32 Å².